The van der Waals surface area contributed by atoms with Gasteiger partial charge in [-0.2, -0.15) is 0 Å². The van der Waals surface area contributed by atoms with Crippen molar-refractivity contribution in [3.05, 3.63) is 23.3 Å². The van der Waals surface area contributed by atoms with Gasteiger partial charge in [-0.1, -0.05) is 27.2 Å². The lowest BCUT2D eigenvalue weighted by molar-refractivity contribution is -0.121. The van der Waals surface area contributed by atoms with Crippen molar-refractivity contribution < 1.29 is 9.84 Å². The van der Waals surface area contributed by atoms with Crippen molar-refractivity contribution in [1.82, 2.24) is 0 Å². The molecule has 0 spiro atoms. The molecule has 4 atom stereocenters. The van der Waals surface area contributed by atoms with Gasteiger partial charge in [-0.15, -0.1) is 0 Å². The number of aromatic hydroxyl groups is 1. The molecule has 1 aromatic carbocycles. The second kappa shape index (κ2) is 3.97. The Morgan fingerprint density at radius 2 is 2.05 bits per heavy atom. The van der Waals surface area contributed by atoms with E-state index in [0.29, 0.717) is 17.6 Å². The summed E-state index contributed by atoms with van der Waals surface area (Å²) in [5.41, 5.74) is 2.54. The molecule has 2 unspecified atom stereocenters. The lowest BCUT2D eigenvalue weighted by Gasteiger charge is -2.62. The van der Waals surface area contributed by atoms with E-state index in [1.54, 1.807) is 0 Å². The molecule has 2 aliphatic carbocycles. The van der Waals surface area contributed by atoms with E-state index in [9.17, 15) is 5.11 Å². The monoisotopic (exact) mass is 286 g/mol. The average Bonchev–Trinajstić information content (AvgIpc) is 2.72. The topological polar surface area (TPSA) is 29.5 Å². The number of ether oxygens (including phenoxy) is 1. The molecule has 0 radical (unpaired) electrons. The third kappa shape index (κ3) is 1.54. The molecule has 1 aliphatic heterocycles. The lowest BCUT2D eigenvalue weighted by Crippen LogP contribution is -2.59. The quantitative estimate of drug-likeness (QED) is 0.857. The van der Waals surface area contributed by atoms with E-state index < -0.39 is 0 Å². The third-order valence-corrected chi connectivity index (χ3v) is 6.58. The zero-order valence-corrected chi connectivity index (χ0v) is 13.6. The standard InChI is InChI=1S/C19H26O2/c1-5-6-11-9-13(20)15-14(10-11)21-19(4)8-7-12-16(19)17(15)18(12,2)3/h9-10,12,16-17,20H,5-8H2,1-4H3/t12-,16?,17?,19-/m1/s1. The van der Waals surface area contributed by atoms with Gasteiger partial charge in [0, 0.05) is 17.4 Å². The number of rotatable bonds is 2. The first kappa shape index (κ1) is 13.5. The zero-order chi connectivity index (χ0) is 15.0. The van der Waals surface area contributed by atoms with Gasteiger partial charge in [0.05, 0.1) is 0 Å². The molecular formula is C19H26O2. The molecule has 1 N–H and O–H groups in total. The second-order valence-corrected chi connectivity index (χ2v) is 8.16. The molecule has 2 nitrogen and oxygen atoms in total. The van der Waals surface area contributed by atoms with Crippen LogP contribution in [-0.4, -0.2) is 10.7 Å². The number of hydrogen-bond acceptors (Lipinski definition) is 2. The van der Waals surface area contributed by atoms with Gasteiger partial charge < -0.3 is 9.84 Å². The van der Waals surface area contributed by atoms with Crippen molar-refractivity contribution in [3.63, 3.8) is 0 Å². The summed E-state index contributed by atoms with van der Waals surface area (Å²) >= 11 is 0. The van der Waals surface area contributed by atoms with Crippen LogP contribution in [0, 0.1) is 17.3 Å². The molecule has 2 heteroatoms. The van der Waals surface area contributed by atoms with Gasteiger partial charge in [-0.3, -0.25) is 0 Å². The molecule has 1 aromatic rings. The first-order chi connectivity index (χ1) is 9.88. The van der Waals surface area contributed by atoms with E-state index >= 15 is 0 Å². The van der Waals surface area contributed by atoms with E-state index in [1.165, 1.54) is 12.0 Å². The van der Waals surface area contributed by atoms with Crippen molar-refractivity contribution in [2.75, 3.05) is 0 Å². The number of benzene rings is 1. The maximum Gasteiger partial charge on any atom is 0.127 e. The van der Waals surface area contributed by atoms with Crippen LogP contribution < -0.4 is 4.74 Å². The summed E-state index contributed by atoms with van der Waals surface area (Å²) in [7, 11) is 0. The first-order valence-corrected chi connectivity index (χ1v) is 8.43. The predicted molar refractivity (Wildman–Crippen MR) is 83.9 cm³/mol. The second-order valence-electron chi connectivity index (χ2n) is 8.16. The van der Waals surface area contributed by atoms with Gasteiger partial charge in [-0.25, -0.2) is 0 Å². The van der Waals surface area contributed by atoms with Gasteiger partial charge in [0.15, 0.2) is 0 Å². The average molecular weight is 286 g/mol. The Balaban J connectivity index is 1.86. The van der Waals surface area contributed by atoms with Crippen LogP contribution in [0.2, 0.25) is 0 Å². The first-order valence-electron chi connectivity index (χ1n) is 8.43. The molecule has 3 aliphatic rings. The Bertz CT molecular complexity index is 604. The van der Waals surface area contributed by atoms with Gasteiger partial charge >= 0.3 is 0 Å². The SMILES string of the molecule is CCCc1cc(O)c2c(c1)O[C@]1(C)CC[C@@H]3C1C2C3(C)C. The summed E-state index contributed by atoms with van der Waals surface area (Å²) in [6, 6.07) is 4.15. The lowest BCUT2D eigenvalue weighted by atomic mass is 9.45. The Kier molecular flexibility index (Phi) is 2.55. The van der Waals surface area contributed by atoms with Gasteiger partial charge in [0.25, 0.3) is 0 Å². The van der Waals surface area contributed by atoms with Gasteiger partial charge in [0.2, 0.25) is 0 Å². The summed E-state index contributed by atoms with van der Waals surface area (Å²) in [5, 5.41) is 10.6. The predicted octanol–water partition coefficient (Wildman–Crippen LogP) is 4.65. The van der Waals surface area contributed by atoms with Crippen LogP contribution in [0.4, 0.5) is 0 Å². The van der Waals surface area contributed by atoms with Crippen LogP contribution in [-0.2, 0) is 6.42 Å². The Morgan fingerprint density at radius 1 is 1.29 bits per heavy atom. The summed E-state index contributed by atoms with van der Waals surface area (Å²) in [5.74, 6) is 3.20. The van der Waals surface area contributed by atoms with Crippen molar-refractivity contribution >= 4 is 0 Å². The van der Waals surface area contributed by atoms with Crippen LogP contribution in [0.3, 0.4) is 0 Å². The van der Waals surface area contributed by atoms with E-state index in [2.05, 4.69) is 33.8 Å². The normalized spacial score (nSPS) is 38.2. The number of fused-ring (bicyclic) bond motifs is 2. The van der Waals surface area contributed by atoms with E-state index in [-0.39, 0.29) is 11.0 Å². The largest absolute Gasteiger partial charge is 0.508 e. The minimum Gasteiger partial charge on any atom is -0.508 e. The number of phenols is 1. The van der Waals surface area contributed by atoms with Gasteiger partial charge in [0.1, 0.15) is 17.1 Å². The number of phenolic OH excluding ortho intramolecular Hbond substituents is 1. The van der Waals surface area contributed by atoms with Crippen LogP contribution in [0.25, 0.3) is 0 Å². The maximum absolute atomic E-state index is 10.6. The highest BCUT2D eigenvalue weighted by molar-refractivity contribution is 5.55. The minimum atomic E-state index is -0.0187. The van der Waals surface area contributed by atoms with Crippen LogP contribution in [0.1, 0.15) is 64.0 Å². The number of aryl methyl sites for hydroxylation is 1. The fourth-order valence-corrected chi connectivity index (χ4v) is 5.63. The van der Waals surface area contributed by atoms with Crippen molar-refractivity contribution in [2.45, 2.75) is 64.9 Å². The molecule has 4 rings (SSSR count). The van der Waals surface area contributed by atoms with Crippen molar-refractivity contribution in [1.29, 1.82) is 0 Å². The highest BCUT2D eigenvalue weighted by atomic mass is 16.5. The Labute approximate surface area is 127 Å². The molecule has 114 valence electrons. The fraction of sp³-hybridized carbons (Fsp3) is 0.684. The molecule has 0 aromatic heterocycles. The van der Waals surface area contributed by atoms with E-state index in [0.717, 1.165) is 36.5 Å². The van der Waals surface area contributed by atoms with Crippen LogP contribution >= 0.6 is 0 Å². The van der Waals surface area contributed by atoms with Gasteiger partial charge in [-0.05, 0) is 55.2 Å². The highest BCUT2D eigenvalue weighted by Gasteiger charge is 2.69. The molecule has 0 amide bonds. The summed E-state index contributed by atoms with van der Waals surface area (Å²) in [6.07, 6.45) is 4.51. The third-order valence-electron chi connectivity index (χ3n) is 6.58. The molecular weight excluding hydrogens is 260 g/mol. The molecule has 0 saturated heterocycles. The molecule has 0 bridgehead atoms. The Morgan fingerprint density at radius 3 is 2.76 bits per heavy atom. The Hall–Kier alpha value is -1.18. The molecule has 1 heterocycles. The fourth-order valence-electron chi connectivity index (χ4n) is 5.63. The van der Waals surface area contributed by atoms with Crippen molar-refractivity contribution in [3.8, 4) is 11.5 Å². The summed E-state index contributed by atoms with van der Waals surface area (Å²) < 4.78 is 6.45. The van der Waals surface area contributed by atoms with Crippen LogP contribution in [0.15, 0.2) is 12.1 Å². The summed E-state index contributed by atoms with van der Waals surface area (Å²) in [6.45, 7) is 9.20. The van der Waals surface area contributed by atoms with E-state index in [4.69, 9.17) is 4.74 Å². The molecule has 21 heavy (non-hydrogen) atoms. The summed E-state index contributed by atoms with van der Waals surface area (Å²) in [4.78, 5) is 0. The van der Waals surface area contributed by atoms with Crippen LogP contribution in [0.5, 0.6) is 11.5 Å². The smallest absolute Gasteiger partial charge is 0.127 e. The molecule has 2 saturated carbocycles. The zero-order valence-electron chi connectivity index (χ0n) is 13.6. The van der Waals surface area contributed by atoms with E-state index in [1.807, 2.05) is 6.07 Å². The minimum absolute atomic E-state index is 0.0187. The maximum atomic E-state index is 10.6. The molecule has 2 fully saturated rings. The number of hydrogen-bond donors (Lipinski definition) is 1. The van der Waals surface area contributed by atoms with Crippen molar-refractivity contribution in [2.24, 2.45) is 17.3 Å². The highest BCUT2D eigenvalue weighted by Crippen LogP contribution is 2.74.